The fraction of sp³-hybridized carbons (Fsp3) is 0.692. The summed E-state index contributed by atoms with van der Waals surface area (Å²) >= 11 is 1.70. The number of aryl methyl sites for hydroxylation is 1. The highest BCUT2D eigenvalue weighted by Crippen LogP contribution is 2.34. The van der Waals surface area contributed by atoms with Gasteiger partial charge >= 0.3 is 0 Å². The molecule has 1 aromatic rings. The summed E-state index contributed by atoms with van der Waals surface area (Å²) in [6.45, 7) is 8.43. The van der Waals surface area contributed by atoms with Gasteiger partial charge in [-0.15, -0.1) is 11.3 Å². The zero-order chi connectivity index (χ0) is 11.5. The predicted octanol–water partition coefficient (Wildman–Crippen LogP) is 4.09. The molecule has 15 heavy (non-hydrogen) atoms. The normalized spacial score (nSPS) is 17.4. The van der Waals surface area contributed by atoms with Gasteiger partial charge < -0.3 is 5.11 Å². The van der Waals surface area contributed by atoms with Gasteiger partial charge in [-0.25, -0.2) is 0 Å². The van der Waals surface area contributed by atoms with Crippen LogP contribution < -0.4 is 0 Å². The van der Waals surface area contributed by atoms with Gasteiger partial charge in [0.25, 0.3) is 0 Å². The molecule has 0 radical (unpaired) electrons. The Kier molecular flexibility index (Phi) is 4.35. The largest absolute Gasteiger partial charge is 0.385 e. The first kappa shape index (κ1) is 12.7. The van der Waals surface area contributed by atoms with Gasteiger partial charge in [0, 0.05) is 9.75 Å². The minimum atomic E-state index is -0.645. The first-order valence-electron chi connectivity index (χ1n) is 5.75. The van der Waals surface area contributed by atoms with Crippen molar-refractivity contribution in [2.24, 2.45) is 5.92 Å². The monoisotopic (exact) mass is 226 g/mol. The summed E-state index contributed by atoms with van der Waals surface area (Å²) in [6.07, 6.45) is 3.25. The van der Waals surface area contributed by atoms with Crippen LogP contribution in [0, 0.1) is 12.8 Å². The van der Waals surface area contributed by atoms with E-state index in [9.17, 15) is 5.11 Å². The van der Waals surface area contributed by atoms with E-state index in [0.717, 1.165) is 11.3 Å². The van der Waals surface area contributed by atoms with E-state index in [4.69, 9.17) is 0 Å². The van der Waals surface area contributed by atoms with Gasteiger partial charge in [-0.3, -0.25) is 0 Å². The zero-order valence-corrected chi connectivity index (χ0v) is 11.0. The van der Waals surface area contributed by atoms with Crippen LogP contribution in [0.1, 0.15) is 49.8 Å². The average Bonchev–Trinajstić information content (AvgIpc) is 2.51. The van der Waals surface area contributed by atoms with Crippen LogP contribution in [0.25, 0.3) is 0 Å². The lowest BCUT2D eigenvalue weighted by Crippen LogP contribution is -2.22. The molecule has 0 spiro atoms. The molecule has 0 aliphatic heterocycles. The molecule has 0 saturated heterocycles. The van der Waals surface area contributed by atoms with Crippen LogP contribution >= 0.6 is 11.3 Å². The van der Waals surface area contributed by atoms with Crippen molar-refractivity contribution in [1.82, 2.24) is 0 Å². The first-order valence-corrected chi connectivity index (χ1v) is 6.56. The first-order chi connectivity index (χ1) is 6.95. The Balaban J connectivity index is 2.66. The van der Waals surface area contributed by atoms with Gasteiger partial charge in [-0.05, 0) is 38.3 Å². The second-order valence-electron chi connectivity index (χ2n) is 4.78. The van der Waals surface area contributed by atoms with Crippen molar-refractivity contribution in [3.05, 3.63) is 21.9 Å². The van der Waals surface area contributed by atoms with Crippen molar-refractivity contribution in [2.75, 3.05) is 0 Å². The van der Waals surface area contributed by atoms with E-state index in [0.29, 0.717) is 5.92 Å². The Morgan fingerprint density at radius 3 is 2.60 bits per heavy atom. The van der Waals surface area contributed by atoms with E-state index in [-0.39, 0.29) is 0 Å². The van der Waals surface area contributed by atoms with Crippen LogP contribution in [0.5, 0.6) is 0 Å². The van der Waals surface area contributed by atoms with Gasteiger partial charge in [-0.2, -0.15) is 0 Å². The second kappa shape index (κ2) is 5.13. The van der Waals surface area contributed by atoms with Crippen molar-refractivity contribution in [2.45, 2.75) is 52.6 Å². The average molecular weight is 226 g/mol. The van der Waals surface area contributed by atoms with Gasteiger partial charge in [-0.1, -0.05) is 26.7 Å². The molecule has 2 heteroatoms. The van der Waals surface area contributed by atoms with Gasteiger partial charge in [0.15, 0.2) is 0 Å². The lowest BCUT2D eigenvalue weighted by Gasteiger charge is -2.25. The SMILES string of the molecule is CCCC(C)CC(C)(O)c1ccc(C)s1. The molecule has 2 atom stereocenters. The van der Waals surface area contributed by atoms with E-state index in [1.807, 2.05) is 6.92 Å². The summed E-state index contributed by atoms with van der Waals surface area (Å²) < 4.78 is 0. The molecule has 2 unspecified atom stereocenters. The minimum absolute atomic E-state index is 0.590. The van der Waals surface area contributed by atoms with Crippen molar-refractivity contribution in [3.8, 4) is 0 Å². The number of thiophene rings is 1. The van der Waals surface area contributed by atoms with E-state index >= 15 is 0 Å². The fourth-order valence-electron chi connectivity index (χ4n) is 2.10. The maximum absolute atomic E-state index is 10.4. The lowest BCUT2D eigenvalue weighted by atomic mass is 9.89. The molecule has 0 amide bonds. The molecule has 1 nitrogen and oxygen atoms in total. The smallest absolute Gasteiger partial charge is 0.0962 e. The Hall–Kier alpha value is -0.340. The highest BCUT2D eigenvalue weighted by molar-refractivity contribution is 7.12. The summed E-state index contributed by atoms with van der Waals surface area (Å²) in [5.41, 5.74) is -0.645. The van der Waals surface area contributed by atoms with E-state index in [2.05, 4.69) is 32.9 Å². The van der Waals surface area contributed by atoms with Crippen LogP contribution in [0.15, 0.2) is 12.1 Å². The van der Waals surface area contributed by atoms with Crippen LogP contribution in [0.2, 0.25) is 0 Å². The highest BCUT2D eigenvalue weighted by atomic mass is 32.1. The molecule has 1 N–H and O–H groups in total. The fourth-order valence-corrected chi connectivity index (χ4v) is 3.02. The quantitative estimate of drug-likeness (QED) is 0.801. The predicted molar refractivity (Wildman–Crippen MR) is 67.3 cm³/mol. The molecule has 1 rings (SSSR count). The van der Waals surface area contributed by atoms with E-state index in [1.54, 1.807) is 11.3 Å². The molecule has 0 fully saturated rings. The molecular formula is C13H22OS. The number of hydrogen-bond acceptors (Lipinski definition) is 2. The maximum Gasteiger partial charge on any atom is 0.0962 e. The summed E-state index contributed by atoms with van der Waals surface area (Å²) in [4.78, 5) is 2.37. The van der Waals surface area contributed by atoms with Crippen LogP contribution in [0.3, 0.4) is 0 Å². The molecule has 1 aromatic heterocycles. The standard InChI is InChI=1S/C13H22OS/c1-5-6-10(2)9-13(4,14)12-8-7-11(3)15-12/h7-8,10,14H,5-6,9H2,1-4H3. The summed E-state index contributed by atoms with van der Waals surface area (Å²) in [5, 5.41) is 10.4. The molecule has 0 aliphatic carbocycles. The molecule has 0 saturated carbocycles. The Bertz CT molecular complexity index is 301. The van der Waals surface area contributed by atoms with Crippen molar-refractivity contribution >= 4 is 11.3 Å². The minimum Gasteiger partial charge on any atom is -0.385 e. The molecule has 86 valence electrons. The molecule has 1 heterocycles. The third-order valence-electron chi connectivity index (χ3n) is 2.80. The summed E-state index contributed by atoms with van der Waals surface area (Å²) in [7, 11) is 0. The Morgan fingerprint density at radius 2 is 2.13 bits per heavy atom. The maximum atomic E-state index is 10.4. The molecule has 0 bridgehead atoms. The number of hydrogen-bond donors (Lipinski definition) is 1. The molecule has 0 aromatic carbocycles. The van der Waals surface area contributed by atoms with Gasteiger partial charge in [0.1, 0.15) is 0 Å². The number of rotatable bonds is 5. The summed E-state index contributed by atoms with van der Waals surface area (Å²) in [6, 6.07) is 4.14. The molecular weight excluding hydrogens is 204 g/mol. The lowest BCUT2D eigenvalue weighted by molar-refractivity contribution is 0.0347. The van der Waals surface area contributed by atoms with Crippen molar-refractivity contribution in [3.63, 3.8) is 0 Å². The van der Waals surface area contributed by atoms with Crippen LogP contribution in [0.4, 0.5) is 0 Å². The third-order valence-corrected chi connectivity index (χ3v) is 4.05. The van der Waals surface area contributed by atoms with Gasteiger partial charge in [0.2, 0.25) is 0 Å². The highest BCUT2D eigenvalue weighted by Gasteiger charge is 2.26. The van der Waals surface area contributed by atoms with Crippen LogP contribution in [-0.2, 0) is 5.60 Å². The Morgan fingerprint density at radius 1 is 1.47 bits per heavy atom. The second-order valence-corrected chi connectivity index (χ2v) is 6.07. The zero-order valence-electron chi connectivity index (χ0n) is 10.2. The van der Waals surface area contributed by atoms with E-state index in [1.165, 1.54) is 17.7 Å². The van der Waals surface area contributed by atoms with E-state index < -0.39 is 5.60 Å². The van der Waals surface area contributed by atoms with Crippen LogP contribution in [-0.4, -0.2) is 5.11 Å². The summed E-state index contributed by atoms with van der Waals surface area (Å²) in [5.74, 6) is 0.590. The van der Waals surface area contributed by atoms with Crippen molar-refractivity contribution < 1.29 is 5.11 Å². The third kappa shape index (κ3) is 3.62. The molecule has 0 aliphatic rings. The van der Waals surface area contributed by atoms with Crippen molar-refractivity contribution in [1.29, 1.82) is 0 Å². The number of aliphatic hydroxyl groups is 1. The van der Waals surface area contributed by atoms with Gasteiger partial charge in [0.05, 0.1) is 5.60 Å². The topological polar surface area (TPSA) is 20.2 Å². The Labute approximate surface area is 97.2 Å².